The van der Waals surface area contributed by atoms with Gasteiger partial charge in [0.25, 0.3) is 0 Å². The van der Waals surface area contributed by atoms with Crippen molar-refractivity contribution < 1.29 is 9.84 Å². The number of benzene rings is 2. The monoisotopic (exact) mass is 297 g/mol. The minimum absolute atomic E-state index is 0.113. The number of ether oxygens (including phenoxy) is 1. The van der Waals surface area contributed by atoms with Gasteiger partial charge in [0.1, 0.15) is 18.5 Å². The lowest BCUT2D eigenvalue weighted by Crippen LogP contribution is -2.09. The van der Waals surface area contributed by atoms with Gasteiger partial charge in [0, 0.05) is 11.8 Å². The normalized spacial score (nSPS) is 12.2. The summed E-state index contributed by atoms with van der Waals surface area (Å²) in [5.41, 5.74) is 6.90. The summed E-state index contributed by atoms with van der Waals surface area (Å²) in [7, 11) is 0. The van der Waals surface area contributed by atoms with Crippen molar-refractivity contribution in [3.63, 3.8) is 0 Å². The van der Waals surface area contributed by atoms with Gasteiger partial charge in [0.15, 0.2) is 0 Å². The highest BCUT2D eigenvalue weighted by Crippen LogP contribution is 2.26. The number of nitrogens with two attached hydrogens (primary N) is 1. The molecule has 19 heavy (non-hydrogen) atoms. The fraction of sp³-hybridized carbons (Fsp3) is 0.143. The average molecular weight is 298 g/mol. The maximum Gasteiger partial charge on any atom is 0.121 e. The van der Waals surface area contributed by atoms with Crippen LogP contribution in [0.15, 0.2) is 42.5 Å². The average Bonchev–Trinajstić information content (AvgIpc) is 2.39. The number of hydrogen-bond donors (Lipinski definition) is 2. The van der Waals surface area contributed by atoms with Crippen LogP contribution in [0.3, 0.4) is 0 Å². The number of rotatable bonds is 4. The molecule has 2 aromatic rings. The van der Waals surface area contributed by atoms with E-state index in [1.54, 1.807) is 42.5 Å². The van der Waals surface area contributed by atoms with Gasteiger partial charge in [-0.1, -0.05) is 35.3 Å². The van der Waals surface area contributed by atoms with Crippen LogP contribution in [0.5, 0.6) is 5.75 Å². The van der Waals surface area contributed by atoms with Crippen LogP contribution in [0.2, 0.25) is 10.0 Å². The van der Waals surface area contributed by atoms with Crippen LogP contribution >= 0.6 is 23.2 Å². The second-order valence-electron chi connectivity index (χ2n) is 4.07. The highest BCUT2D eigenvalue weighted by atomic mass is 35.5. The largest absolute Gasteiger partial charge is 0.490 e. The molecule has 2 rings (SSSR count). The van der Waals surface area contributed by atoms with E-state index in [4.69, 9.17) is 33.7 Å². The van der Waals surface area contributed by atoms with Crippen molar-refractivity contribution in [3.8, 4) is 5.75 Å². The zero-order valence-electron chi connectivity index (χ0n) is 10.0. The van der Waals surface area contributed by atoms with E-state index < -0.39 is 6.10 Å². The molecule has 100 valence electrons. The molecule has 1 unspecified atom stereocenters. The third kappa shape index (κ3) is 3.77. The Morgan fingerprint density at radius 2 is 1.89 bits per heavy atom. The Hall–Kier alpha value is -1.42. The summed E-state index contributed by atoms with van der Waals surface area (Å²) in [4.78, 5) is 0. The first kappa shape index (κ1) is 14.0. The smallest absolute Gasteiger partial charge is 0.121 e. The molecule has 2 aromatic carbocycles. The summed E-state index contributed by atoms with van der Waals surface area (Å²) in [5.74, 6) is 0.610. The Labute approximate surface area is 121 Å². The fourth-order valence-corrected chi connectivity index (χ4v) is 1.90. The maximum absolute atomic E-state index is 10.0. The molecule has 0 saturated carbocycles. The van der Waals surface area contributed by atoms with E-state index in [1.807, 2.05) is 0 Å². The van der Waals surface area contributed by atoms with Crippen molar-refractivity contribution in [2.45, 2.75) is 6.10 Å². The molecule has 1 atom stereocenters. The summed E-state index contributed by atoms with van der Waals surface area (Å²) in [5, 5.41) is 10.9. The van der Waals surface area contributed by atoms with Crippen LogP contribution in [0.1, 0.15) is 11.7 Å². The summed E-state index contributed by atoms with van der Waals surface area (Å²) >= 11 is 11.7. The molecule has 3 N–H and O–H groups in total. The van der Waals surface area contributed by atoms with Gasteiger partial charge in [-0.05, 0) is 29.8 Å². The topological polar surface area (TPSA) is 55.5 Å². The molecule has 5 heteroatoms. The first-order chi connectivity index (χ1) is 9.06. The lowest BCUT2D eigenvalue weighted by Gasteiger charge is -2.13. The fourth-order valence-electron chi connectivity index (χ4n) is 1.60. The Kier molecular flexibility index (Phi) is 4.53. The Morgan fingerprint density at radius 1 is 1.11 bits per heavy atom. The molecule has 0 fully saturated rings. The van der Waals surface area contributed by atoms with Gasteiger partial charge in [-0.15, -0.1) is 0 Å². The number of aliphatic hydroxyl groups excluding tert-OH is 1. The lowest BCUT2D eigenvalue weighted by molar-refractivity contribution is 0.108. The SMILES string of the molecule is Nc1cccc(OCC(O)c2ccc(Cl)c(Cl)c2)c1. The molecule has 0 radical (unpaired) electrons. The van der Waals surface area contributed by atoms with Crippen molar-refractivity contribution in [1.29, 1.82) is 0 Å². The zero-order valence-corrected chi connectivity index (χ0v) is 11.5. The predicted octanol–water partition coefficient (Wildman–Crippen LogP) is 3.69. The molecule has 0 spiro atoms. The molecule has 0 saturated heterocycles. The highest BCUT2D eigenvalue weighted by Gasteiger charge is 2.10. The van der Waals surface area contributed by atoms with Crippen LogP contribution in [-0.4, -0.2) is 11.7 Å². The van der Waals surface area contributed by atoms with E-state index in [2.05, 4.69) is 0 Å². The minimum atomic E-state index is -0.781. The molecule has 0 aliphatic carbocycles. The summed E-state index contributed by atoms with van der Waals surface area (Å²) in [6, 6.07) is 12.0. The standard InChI is InChI=1S/C14H13Cl2NO2/c15-12-5-4-9(6-13(12)16)14(18)8-19-11-3-1-2-10(17)7-11/h1-7,14,18H,8,17H2. The van der Waals surface area contributed by atoms with E-state index in [1.165, 1.54) is 0 Å². The first-order valence-electron chi connectivity index (χ1n) is 5.67. The molecule has 0 aromatic heterocycles. The van der Waals surface area contributed by atoms with E-state index in [0.717, 1.165) is 0 Å². The van der Waals surface area contributed by atoms with Gasteiger partial charge in [-0.2, -0.15) is 0 Å². The van der Waals surface area contributed by atoms with Crippen LogP contribution in [0.25, 0.3) is 0 Å². The number of halogens is 2. The minimum Gasteiger partial charge on any atom is -0.490 e. The lowest BCUT2D eigenvalue weighted by atomic mass is 10.1. The number of hydrogen-bond acceptors (Lipinski definition) is 3. The molecular weight excluding hydrogens is 285 g/mol. The van der Waals surface area contributed by atoms with Crippen molar-refractivity contribution >= 4 is 28.9 Å². The van der Waals surface area contributed by atoms with Crippen LogP contribution in [0.4, 0.5) is 5.69 Å². The van der Waals surface area contributed by atoms with E-state index >= 15 is 0 Å². The highest BCUT2D eigenvalue weighted by molar-refractivity contribution is 6.42. The van der Waals surface area contributed by atoms with Crippen LogP contribution in [-0.2, 0) is 0 Å². The zero-order chi connectivity index (χ0) is 13.8. The van der Waals surface area contributed by atoms with E-state index in [9.17, 15) is 5.11 Å². The Balaban J connectivity index is 2.01. The van der Waals surface area contributed by atoms with Crippen LogP contribution in [0, 0.1) is 0 Å². The number of aliphatic hydroxyl groups is 1. The predicted molar refractivity (Wildman–Crippen MR) is 77.8 cm³/mol. The van der Waals surface area contributed by atoms with Gasteiger partial charge >= 0.3 is 0 Å². The first-order valence-corrected chi connectivity index (χ1v) is 6.43. The van der Waals surface area contributed by atoms with Crippen molar-refractivity contribution in [2.75, 3.05) is 12.3 Å². The Bertz CT molecular complexity index is 575. The molecule has 0 aliphatic rings. The molecule has 0 bridgehead atoms. The molecule has 0 amide bonds. The molecule has 0 heterocycles. The molecular formula is C14H13Cl2NO2. The van der Waals surface area contributed by atoms with Gasteiger partial charge in [0.2, 0.25) is 0 Å². The summed E-state index contributed by atoms with van der Waals surface area (Å²) in [6.45, 7) is 0.113. The van der Waals surface area contributed by atoms with Crippen molar-refractivity contribution in [2.24, 2.45) is 0 Å². The second kappa shape index (κ2) is 6.15. The van der Waals surface area contributed by atoms with E-state index in [-0.39, 0.29) is 6.61 Å². The quantitative estimate of drug-likeness (QED) is 0.846. The van der Waals surface area contributed by atoms with Crippen molar-refractivity contribution in [3.05, 3.63) is 58.1 Å². The van der Waals surface area contributed by atoms with Gasteiger partial charge in [-0.25, -0.2) is 0 Å². The summed E-state index contributed by atoms with van der Waals surface area (Å²) in [6.07, 6.45) is -0.781. The Morgan fingerprint density at radius 3 is 2.58 bits per heavy atom. The number of nitrogen functional groups attached to an aromatic ring is 1. The third-order valence-electron chi connectivity index (χ3n) is 2.59. The maximum atomic E-state index is 10.0. The van der Waals surface area contributed by atoms with Gasteiger partial charge < -0.3 is 15.6 Å². The second-order valence-corrected chi connectivity index (χ2v) is 4.89. The van der Waals surface area contributed by atoms with Crippen molar-refractivity contribution in [1.82, 2.24) is 0 Å². The van der Waals surface area contributed by atoms with Gasteiger partial charge in [0.05, 0.1) is 10.0 Å². The van der Waals surface area contributed by atoms with E-state index in [0.29, 0.717) is 27.0 Å². The molecule has 3 nitrogen and oxygen atoms in total. The molecule has 0 aliphatic heterocycles. The summed E-state index contributed by atoms with van der Waals surface area (Å²) < 4.78 is 5.47. The van der Waals surface area contributed by atoms with Gasteiger partial charge in [-0.3, -0.25) is 0 Å². The number of anilines is 1. The third-order valence-corrected chi connectivity index (χ3v) is 3.33. The van der Waals surface area contributed by atoms with Crippen LogP contribution < -0.4 is 10.5 Å².